The molecule has 3 amide bonds. The third-order valence-corrected chi connectivity index (χ3v) is 6.12. The molecule has 0 saturated carbocycles. The molecule has 2 aromatic carbocycles. The highest BCUT2D eigenvalue weighted by molar-refractivity contribution is 6.00. The largest absolute Gasteiger partial charge is 0.484 e. The highest BCUT2D eigenvalue weighted by Gasteiger charge is 2.34. The van der Waals surface area contributed by atoms with E-state index in [4.69, 9.17) is 4.74 Å². The maximum absolute atomic E-state index is 12.5. The summed E-state index contributed by atoms with van der Waals surface area (Å²) in [5, 5.41) is 5.78. The number of hydrogen-bond acceptors (Lipinski definition) is 5. The zero-order chi connectivity index (χ0) is 25.5. The summed E-state index contributed by atoms with van der Waals surface area (Å²) in [5.74, 6) is -0.301. The highest BCUT2D eigenvalue weighted by Crippen LogP contribution is 2.27. The lowest BCUT2D eigenvalue weighted by atomic mass is 10.1. The molecule has 36 heavy (non-hydrogen) atoms. The van der Waals surface area contributed by atoms with Gasteiger partial charge < -0.3 is 24.8 Å². The summed E-state index contributed by atoms with van der Waals surface area (Å²) in [6.45, 7) is 5.48. The summed E-state index contributed by atoms with van der Waals surface area (Å²) in [7, 11) is 0. The Hall–Kier alpha value is -4.14. The number of amides is 3. The molecule has 1 aliphatic heterocycles. The van der Waals surface area contributed by atoms with Crippen LogP contribution in [0.2, 0.25) is 0 Å². The fourth-order valence-corrected chi connectivity index (χ4v) is 4.18. The van der Waals surface area contributed by atoms with Crippen LogP contribution in [0.1, 0.15) is 24.0 Å². The smallest absolute Gasteiger partial charge is 0.262 e. The van der Waals surface area contributed by atoms with Crippen LogP contribution in [0.3, 0.4) is 0 Å². The van der Waals surface area contributed by atoms with E-state index in [0.29, 0.717) is 24.5 Å². The van der Waals surface area contributed by atoms with E-state index in [-0.39, 0.29) is 36.7 Å². The maximum atomic E-state index is 12.5. The number of rotatable bonds is 10. The second-order valence-electron chi connectivity index (χ2n) is 9.00. The molecule has 0 aliphatic carbocycles. The van der Waals surface area contributed by atoms with Crippen molar-refractivity contribution in [1.29, 1.82) is 0 Å². The fourth-order valence-electron chi connectivity index (χ4n) is 4.18. The summed E-state index contributed by atoms with van der Waals surface area (Å²) in [6, 6.07) is 12.8. The van der Waals surface area contributed by atoms with Crippen molar-refractivity contribution >= 4 is 29.1 Å². The maximum Gasteiger partial charge on any atom is 0.262 e. The van der Waals surface area contributed by atoms with E-state index >= 15 is 0 Å². The first kappa shape index (κ1) is 25.0. The first-order valence-electron chi connectivity index (χ1n) is 12.0. The molecule has 1 aliphatic rings. The van der Waals surface area contributed by atoms with Crippen molar-refractivity contribution in [2.24, 2.45) is 5.92 Å². The summed E-state index contributed by atoms with van der Waals surface area (Å²) >= 11 is 0. The average Bonchev–Trinajstić information content (AvgIpc) is 3.52. The number of ether oxygens (including phenoxy) is 1. The lowest BCUT2D eigenvalue weighted by molar-refractivity contribution is -0.126. The SMILES string of the molecule is Cc1ccc(NC(=O)COc2ccc(N3C[C@H](C(=O)NCCCn4ccnc4)CC3=O)cc2)c(C)c1. The number of carbonyl (C=O) groups excluding carboxylic acids is 3. The number of imidazole rings is 1. The van der Waals surface area contributed by atoms with E-state index in [1.807, 2.05) is 42.8 Å². The predicted octanol–water partition coefficient (Wildman–Crippen LogP) is 3.08. The van der Waals surface area contributed by atoms with Gasteiger partial charge in [-0.25, -0.2) is 4.98 Å². The number of aryl methyl sites for hydroxylation is 3. The molecular weight excluding hydrogens is 458 g/mol. The third-order valence-electron chi connectivity index (χ3n) is 6.12. The first-order chi connectivity index (χ1) is 17.4. The Balaban J connectivity index is 1.22. The van der Waals surface area contributed by atoms with E-state index in [1.54, 1.807) is 41.7 Å². The van der Waals surface area contributed by atoms with Gasteiger partial charge in [0.1, 0.15) is 5.75 Å². The molecule has 9 nitrogen and oxygen atoms in total. The number of anilines is 2. The minimum atomic E-state index is -0.379. The molecular formula is C27H31N5O4. The van der Waals surface area contributed by atoms with Crippen molar-refractivity contribution in [1.82, 2.24) is 14.9 Å². The number of carbonyl (C=O) groups is 3. The quantitative estimate of drug-likeness (QED) is 0.426. The standard InChI is InChI=1S/C27H31N5O4/c1-19-4-9-24(20(2)14-19)30-25(33)17-36-23-7-5-22(6-8-23)32-16-21(15-26(32)34)27(35)29-10-3-12-31-13-11-28-18-31/h4-9,11,13-14,18,21H,3,10,12,15-17H2,1-2H3,(H,29,35)(H,30,33)/t21-/m1/s1. The second kappa shape index (κ2) is 11.5. The molecule has 1 fully saturated rings. The molecule has 2 N–H and O–H groups in total. The molecule has 1 aromatic heterocycles. The minimum absolute atomic E-state index is 0.0879. The average molecular weight is 490 g/mol. The Labute approximate surface area is 210 Å². The number of nitrogens with one attached hydrogen (secondary N) is 2. The molecule has 0 unspecified atom stereocenters. The zero-order valence-electron chi connectivity index (χ0n) is 20.6. The zero-order valence-corrected chi connectivity index (χ0v) is 20.6. The Morgan fingerprint density at radius 3 is 2.67 bits per heavy atom. The number of benzene rings is 2. The van der Waals surface area contributed by atoms with Gasteiger partial charge in [0.15, 0.2) is 6.61 Å². The Bertz CT molecular complexity index is 1210. The lowest BCUT2D eigenvalue weighted by Crippen LogP contribution is -2.33. The Kier molecular flexibility index (Phi) is 7.99. The normalized spacial score (nSPS) is 15.1. The van der Waals surface area contributed by atoms with Crippen LogP contribution >= 0.6 is 0 Å². The minimum Gasteiger partial charge on any atom is -0.484 e. The van der Waals surface area contributed by atoms with Crippen LogP contribution < -0.4 is 20.3 Å². The van der Waals surface area contributed by atoms with Gasteiger partial charge in [0.25, 0.3) is 5.91 Å². The highest BCUT2D eigenvalue weighted by atomic mass is 16.5. The lowest BCUT2D eigenvalue weighted by Gasteiger charge is -2.17. The Morgan fingerprint density at radius 2 is 1.94 bits per heavy atom. The van der Waals surface area contributed by atoms with Gasteiger partial charge in [-0.15, -0.1) is 0 Å². The predicted molar refractivity (Wildman–Crippen MR) is 137 cm³/mol. The van der Waals surface area contributed by atoms with Gasteiger partial charge in [-0.1, -0.05) is 17.7 Å². The topological polar surface area (TPSA) is 106 Å². The van der Waals surface area contributed by atoms with Crippen LogP contribution in [0, 0.1) is 19.8 Å². The van der Waals surface area contributed by atoms with Crippen molar-refractivity contribution in [2.75, 3.05) is 29.9 Å². The van der Waals surface area contributed by atoms with Gasteiger partial charge in [-0.05, 0) is 56.2 Å². The van der Waals surface area contributed by atoms with E-state index in [2.05, 4.69) is 15.6 Å². The van der Waals surface area contributed by atoms with Crippen molar-refractivity contribution in [2.45, 2.75) is 33.2 Å². The number of hydrogen-bond donors (Lipinski definition) is 2. The molecule has 9 heteroatoms. The van der Waals surface area contributed by atoms with Gasteiger partial charge in [0.2, 0.25) is 11.8 Å². The summed E-state index contributed by atoms with van der Waals surface area (Å²) in [4.78, 5) is 43.0. The molecule has 0 radical (unpaired) electrons. The molecule has 188 valence electrons. The molecule has 0 bridgehead atoms. The van der Waals surface area contributed by atoms with Crippen molar-refractivity contribution in [3.8, 4) is 5.75 Å². The number of aromatic nitrogens is 2. The van der Waals surface area contributed by atoms with Crippen molar-refractivity contribution in [3.05, 3.63) is 72.3 Å². The molecule has 1 atom stereocenters. The van der Waals surface area contributed by atoms with Gasteiger partial charge >= 0.3 is 0 Å². The molecule has 1 saturated heterocycles. The summed E-state index contributed by atoms with van der Waals surface area (Å²) in [6.07, 6.45) is 6.32. The second-order valence-corrected chi connectivity index (χ2v) is 9.00. The van der Waals surface area contributed by atoms with E-state index in [1.165, 1.54) is 0 Å². The van der Waals surface area contributed by atoms with Gasteiger partial charge in [-0.2, -0.15) is 0 Å². The van der Waals surface area contributed by atoms with E-state index in [0.717, 1.165) is 29.8 Å². The van der Waals surface area contributed by atoms with Crippen LogP contribution in [0.4, 0.5) is 11.4 Å². The van der Waals surface area contributed by atoms with Crippen LogP contribution in [0.25, 0.3) is 0 Å². The van der Waals surface area contributed by atoms with Gasteiger partial charge in [-0.3, -0.25) is 14.4 Å². The first-order valence-corrected chi connectivity index (χ1v) is 12.0. The van der Waals surface area contributed by atoms with E-state index in [9.17, 15) is 14.4 Å². The van der Waals surface area contributed by atoms with Crippen LogP contribution in [0.15, 0.2) is 61.2 Å². The molecule has 0 spiro atoms. The van der Waals surface area contributed by atoms with Crippen LogP contribution in [0.5, 0.6) is 5.75 Å². The molecule has 2 heterocycles. The molecule has 3 aromatic rings. The van der Waals surface area contributed by atoms with Gasteiger partial charge in [0.05, 0.1) is 12.2 Å². The van der Waals surface area contributed by atoms with E-state index < -0.39 is 0 Å². The van der Waals surface area contributed by atoms with Crippen LogP contribution in [-0.4, -0.2) is 47.0 Å². The summed E-state index contributed by atoms with van der Waals surface area (Å²) in [5.41, 5.74) is 3.58. The Morgan fingerprint density at radius 1 is 1.14 bits per heavy atom. The number of nitrogens with zero attached hydrogens (tertiary/aromatic N) is 3. The van der Waals surface area contributed by atoms with Crippen LogP contribution in [-0.2, 0) is 20.9 Å². The summed E-state index contributed by atoms with van der Waals surface area (Å²) < 4.78 is 7.56. The van der Waals surface area contributed by atoms with Gasteiger partial charge in [0, 0.05) is 49.8 Å². The van der Waals surface area contributed by atoms with Crippen molar-refractivity contribution < 1.29 is 19.1 Å². The molecule has 4 rings (SSSR count). The monoisotopic (exact) mass is 489 g/mol. The van der Waals surface area contributed by atoms with Crippen molar-refractivity contribution in [3.63, 3.8) is 0 Å². The fraction of sp³-hybridized carbons (Fsp3) is 0.333. The third kappa shape index (κ3) is 6.50.